The number of piperidine rings is 1. The fraction of sp³-hybridized carbons (Fsp3) is 0.417. The number of rotatable bonds is 5. The number of anilines is 1. The molecule has 0 aromatic carbocycles. The maximum Gasteiger partial charge on any atom is 0.323 e. The minimum atomic E-state index is -0.353. The van der Waals surface area contributed by atoms with Gasteiger partial charge in [-0.05, 0) is 25.8 Å². The van der Waals surface area contributed by atoms with Crippen LogP contribution in [0.3, 0.4) is 0 Å². The predicted molar refractivity (Wildman–Crippen MR) is 135 cm³/mol. The number of hydrogen-bond donors (Lipinski definition) is 2. The van der Waals surface area contributed by atoms with Crippen LogP contribution >= 0.6 is 11.3 Å². The van der Waals surface area contributed by atoms with Gasteiger partial charge in [0.25, 0.3) is 0 Å². The number of carbonyl (C=O) groups excluding carboxylic acids is 1. The number of thiazole rings is 1. The lowest BCUT2D eigenvalue weighted by Crippen LogP contribution is -2.66. The number of nitrogens with zero attached hydrogens (tertiary/aromatic N) is 8. The molecule has 0 spiro atoms. The number of carbonyl (C=O) groups is 1. The summed E-state index contributed by atoms with van der Waals surface area (Å²) in [6.45, 7) is 4.85. The van der Waals surface area contributed by atoms with Gasteiger partial charge in [0.15, 0.2) is 5.13 Å². The monoisotopic (exact) mass is 502 g/mol. The molecule has 6 rings (SSSR count). The molecule has 4 aromatic heterocycles. The van der Waals surface area contributed by atoms with Crippen molar-refractivity contribution in [2.45, 2.75) is 37.8 Å². The van der Waals surface area contributed by atoms with E-state index < -0.39 is 0 Å². The summed E-state index contributed by atoms with van der Waals surface area (Å²) in [6, 6.07) is 4.63. The van der Waals surface area contributed by atoms with E-state index in [0.29, 0.717) is 30.7 Å². The average Bonchev–Trinajstić information content (AvgIpc) is 3.62. The molecular weight excluding hydrogens is 476 g/mol. The maximum atomic E-state index is 12.6. The molecule has 2 amide bonds. The second-order valence-corrected chi connectivity index (χ2v) is 10.4. The quantitative estimate of drug-likeness (QED) is 0.428. The number of aromatic amines is 1. The van der Waals surface area contributed by atoms with Crippen LogP contribution in [0.25, 0.3) is 22.3 Å². The van der Waals surface area contributed by atoms with Crippen LogP contribution in [0.1, 0.15) is 25.0 Å². The molecule has 0 aliphatic carbocycles. The number of hydrogen-bond acceptors (Lipinski definition) is 8. The van der Waals surface area contributed by atoms with Crippen molar-refractivity contribution >= 4 is 33.5 Å². The number of aryl methyl sites for hydroxylation is 1. The fourth-order valence-corrected chi connectivity index (χ4v) is 5.95. The number of H-pyrrole nitrogens is 1. The van der Waals surface area contributed by atoms with Gasteiger partial charge < -0.3 is 9.88 Å². The van der Waals surface area contributed by atoms with Crippen LogP contribution in [0, 0.1) is 18.3 Å². The molecule has 0 saturated carbocycles. The second kappa shape index (κ2) is 9.00. The molecule has 2 saturated heterocycles. The summed E-state index contributed by atoms with van der Waals surface area (Å²) >= 11 is 1.44. The van der Waals surface area contributed by atoms with Gasteiger partial charge in [-0.15, -0.1) is 11.3 Å². The highest BCUT2D eigenvalue weighted by Crippen LogP contribution is 2.37. The first kappa shape index (κ1) is 22.6. The molecular formula is C24H26N10OS. The number of nitrogens with one attached hydrogen (secondary N) is 2. The van der Waals surface area contributed by atoms with Crippen LogP contribution in [0.5, 0.6) is 0 Å². The lowest BCUT2D eigenvalue weighted by Gasteiger charge is -2.53. The highest BCUT2D eigenvalue weighted by molar-refractivity contribution is 7.13. The normalized spacial score (nSPS) is 18.2. The van der Waals surface area contributed by atoms with Gasteiger partial charge in [0, 0.05) is 60.9 Å². The van der Waals surface area contributed by atoms with Gasteiger partial charge in [-0.1, -0.05) is 0 Å². The Morgan fingerprint density at radius 2 is 2.17 bits per heavy atom. The molecule has 0 bridgehead atoms. The summed E-state index contributed by atoms with van der Waals surface area (Å²) in [5.74, 6) is 0. The third-order valence-electron chi connectivity index (χ3n) is 7.20. The molecule has 184 valence electrons. The lowest BCUT2D eigenvalue weighted by molar-refractivity contribution is -0.0399. The van der Waals surface area contributed by atoms with E-state index in [2.05, 4.69) is 41.3 Å². The summed E-state index contributed by atoms with van der Waals surface area (Å²) in [4.78, 5) is 33.1. The first-order valence-corrected chi connectivity index (χ1v) is 12.9. The van der Waals surface area contributed by atoms with Crippen LogP contribution in [0.2, 0.25) is 0 Å². The number of amides is 2. The van der Waals surface area contributed by atoms with E-state index in [1.807, 2.05) is 46.5 Å². The first-order chi connectivity index (χ1) is 17.5. The Morgan fingerprint density at radius 1 is 1.33 bits per heavy atom. The molecule has 2 fully saturated rings. The summed E-state index contributed by atoms with van der Waals surface area (Å²) in [5.41, 5.74) is 3.08. The van der Waals surface area contributed by atoms with Crippen LogP contribution in [0.4, 0.5) is 9.93 Å². The maximum absolute atomic E-state index is 12.6. The van der Waals surface area contributed by atoms with Crippen LogP contribution in [-0.2, 0) is 5.54 Å². The molecule has 12 heteroatoms. The Bertz CT molecular complexity index is 1430. The number of likely N-dealkylation sites (tertiary alicyclic amines) is 2. The largest absolute Gasteiger partial charge is 0.346 e. The van der Waals surface area contributed by atoms with Crippen molar-refractivity contribution in [1.82, 2.24) is 39.5 Å². The SMILES string of the molecule is Cc1csc(NC(=O)N2CCC(N3CC(CC#N)(n4cc(-c5ncnc6[nH]ccc56)cn4)C3)CC2)n1. The van der Waals surface area contributed by atoms with Gasteiger partial charge >= 0.3 is 6.03 Å². The van der Waals surface area contributed by atoms with E-state index in [1.54, 1.807) is 6.33 Å². The van der Waals surface area contributed by atoms with E-state index in [1.165, 1.54) is 11.3 Å². The standard InChI is InChI=1S/C24H26N10OS/c1-16-12-36-22(30-16)31-23(35)32-8-3-18(4-9-32)33-13-24(14-33,5-6-25)34-11-17(10-29-34)20-19-2-7-26-21(19)28-15-27-20/h2,7,10-12,15,18H,3-5,8-9,13-14H2,1H3,(H,26,27,28)(H,30,31,35). The average molecular weight is 503 g/mol. The zero-order valence-corrected chi connectivity index (χ0v) is 20.7. The van der Waals surface area contributed by atoms with Crippen molar-refractivity contribution in [3.05, 3.63) is 42.1 Å². The van der Waals surface area contributed by atoms with E-state index >= 15 is 0 Å². The highest BCUT2D eigenvalue weighted by Gasteiger charge is 2.48. The van der Waals surface area contributed by atoms with E-state index in [0.717, 1.165) is 53.9 Å². The lowest BCUT2D eigenvalue weighted by atomic mass is 9.84. The molecule has 36 heavy (non-hydrogen) atoms. The molecule has 2 aliphatic rings. The smallest absolute Gasteiger partial charge is 0.323 e. The van der Waals surface area contributed by atoms with Gasteiger partial charge in [0.2, 0.25) is 0 Å². The van der Waals surface area contributed by atoms with E-state index in [4.69, 9.17) is 0 Å². The Kier molecular flexibility index (Phi) is 5.66. The molecule has 2 aliphatic heterocycles. The second-order valence-electron chi connectivity index (χ2n) is 9.54. The highest BCUT2D eigenvalue weighted by atomic mass is 32.1. The number of aromatic nitrogens is 6. The third kappa shape index (κ3) is 4.00. The van der Waals surface area contributed by atoms with Crippen LogP contribution in [0.15, 0.2) is 36.4 Å². The molecule has 6 heterocycles. The Labute approximate surface area is 211 Å². The number of fused-ring (bicyclic) bond motifs is 1. The van der Waals surface area contributed by atoms with Crippen molar-refractivity contribution in [3.63, 3.8) is 0 Å². The Hall–Kier alpha value is -3.82. The number of nitriles is 1. The molecule has 4 aromatic rings. The van der Waals surface area contributed by atoms with Crippen LogP contribution < -0.4 is 5.32 Å². The number of urea groups is 1. The predicted octanol–water partition coefficient (Wildman–Crippen LogP) is 3.21. The minimum Gasteiger partial charge on any atom is -0.346 e. The minimum absolute atomic E-state index is 0.0874. The van der Waals surface area contributed by atoms with Crippen molar-refractivity contribution in [3.8, 4) is 17.3 Å². The summed E-state index contributed by atoms with van der Waals surface area (Å²) < 4.78 is 1.95. The van der Waals surface area contributed by atoms with Crippen molar-refractivity contribution in [1.29, 1.82) is 5.26 Å². The van der Waals surface area contributed by atoms with Gasteiger partial charge in [0.05, 0.1) is 30.1 Å². The summed E-state index contributed by atoms with van der Waals surface area (Å²) in [6.07, 6.45) is 9.42. The van der Waals surface area contributed by atoms with Gasteiger partial charge in [0.1, 0.15) is 17.5 Å². The zero-order chi connectivity index (χ0) is 24.7. The summed E-state index contributed by atoms with van der Waals surface area (Å²) in [5, 5.41) is 20.7. The van der Waals surface area contributed by atoms with Gasteiger partial charge in [-0.2, -0.15) is 10.4 Å². The fourth-order valence-electron chi connectivity index (χ4n) is 5.28. The van der Waals surface area contributed by atoms with Crippen molar-refractivity contribution < 1.29 is 4.79 Å². The zero-order valence-electron chi connectivity index (χ0n) is 19.9. The molecule has 0 atom stereocenters. The Balaban J connectivity index is 1.10. The van der Waals surface area contributed by atoms with Crippen molar-refractivity contribution in [2.24, 2.45) is 0 Å². The topological polar surface area (TPSA) is 132 Å². The first-order valence-electron chi connectivity index (χ1n) is 12.0. The molecule has 2 N–H and O–H groups in total. The van der Waals surface area contributed by atoms with E-state index in [9.17, 15) is 10.1 Å². The Morgan fingerprint density at radius 3 is 2.92 bits per heavy atom. The summed E-state index contributed by atoms with van der Waals surface area (Å²) in [7, 11) is 0. The van der Waals surface area contributed by atoms with Gasteiger partial charge in [-0.3, -0.25) is 14.9 Å². The van der Waals surface area contributed by atoms with E-state index in [-0.39, 0.29) is 11.6 Å². The van der Waals surface area contributed by atoms with Crippen molar-refractivity contribution in [2.75, 3.05) is 31.5 Å². The molecule has 0 unspecified atom stereocenters. The molecule has 11 nitrogen and oxygen atoms in total. The third-order valence-corrected chi connectivity index (χ3v) is 8.08. The molecule has 0 radical (unpaired) electrons. The van der Waals surface area contributed by atoms with Gasteiger partial charge in [-0.25, -0.2) is 19.7 Å². The van der Waals surface area contributed by atoms with Crippen LogP contribution in [-0.4, -0.2) is 77.8 Å².